The molecule has 1 aliphatic carbocycles. The van der Waals surface area contributed by atoms with Crippen molar-refractivity contribution >= 4 is 5.91 Å². The summed E-state index contributed by atoms with van der Waals surface area (Å²) in [6.07, 6.45) is 3.49. The van der Waals surface area contributed by atoms with Gasteiger partial charge in [-0.2, -0.15) is 0 Å². The van der Waals surface area contributed by atoms with Gasteiger partial charge in [0.25, 0.3) is 5.91 Å². The van der Waals surface area contributed by atoms with Crippen LogP contribution in [0, 0.1) is 11.8 Å². The monoisotopic (exact) mass is 264 g/mol. The van der Waals surface area contributed by atoms with Crippen molar-refractivity contribution in [3.63, 3.8) is 0 Å². The molecule has 0 aromatic carbocycles. The minimum absolute atomic E-state index is 0.158. The number of aromatic nitrogens is 3. The Morgan fingerprint density at radius 2 is 2.11 bits per heavy atom. The molecule has 0 spiro atoms. The number of aromatic amines is 1. The van der Waals surface area contributed by atoms with E-state index in [1.54, 1.807) is 0 Å². The first-order valence-electron chi connectivity index (χ1n) is 7.22. The van der Waals surface area contributed by atoms with Crippen LogP contribution in [0.15, 0.2) is 0 Å². The van der Waals surface area contributed by atoms with Gasteiger partial charge in [0.1, 0.15) is 5.82 Å². The van der Waals surface area contributed by atoms with Crippen molar-refractivity contribution < 1.29 is 4.79 Å². The van der Waals surface area contributed by atoms with Crippen molar-refractivity contribution in [1.29, 1.82) is 0 Å². The van der Waals surface area contributed by atoms with Gasteiger partial charge in [0.2, 0.25) is 5.82 Å². The highest BCUT2D eigenvalue weighted by molar-refractivity contribution is 5.90. The predicted molar refractivity (Wildman–Crippen MR) is 73.9 cm³/mol. The van der Waals surface area contributed by atoms with Crippen LogP contribution in [-0.4, -0.2) is 27.1 Å². The molecule has 2 N–H and O–H groups in total. The number of H-pyrrole nitrogens is 1. The molecule has 1 saturated carbocycles. The number of hydrogen-bond donors (Lipinski definition) is 2. The SMILES string of the molecule is CC(C)c1nc(C(=O)NC2CCCC(C)C2C)n[nH]1. The fourth-order valence-corrected chi connectivity index (χ4v) is 2.65. The van der Waals surface area contributed by atoms with Crippen molar-refractivity contribution in [1.82, 2.24) is 20.5 Å². The summed E-state index contributed by atoms with van der Waals surface area (Å²) in [5, 5.41) is 9.90. The first-order chi connectivity index (χ1) is 8.99. The lowest BCUT2D eigenvalue weighted by molar-refractivity contribution is 0.0881. The Hall–Kier alpha value is -1.39. The normalized spacial score (nSPS) is 27.5. The standard InChI is InChI=1S/C14H24N4O/c1-8(2)12-16-13(18-17-12)14(19)15-11-7-5-6-9(3)10(11)4/h8-11H,5-7H2,1-4H3,(H,15,19)(H,16,17,18). The first-order valence-corrected chi connectivity index (χ1v) is 7.22. The molecule has 0 aliphatic heterocycles. The zero-order valence-corrected chi connectivity index (χ0v) is 12.2. The molecule has 1 aliphatic rings. The van der Waals surface area contributed by atoms with E-state index in [9.17, 15) is 4.79 Å². The number of rotatable bonds is 3. The van der Waals surface area contributed by atoms with Crippen molar-refractivity contribution in [3.05, 3.63) is 11.6 Å². The number of amides is 1. The average molecular weight is 264 g/mol. The number of carbonyl (C=O) groups is 1. The third-order valence-corrected chi connectivity index (χ3v) is 4.28. The Bertz CT molecular complexity index is 440. The number of nitrogens with zero attached hydrogens (tertiary/aromatic N) is 2. The molecule has 3 atom stereocenters. The van der Waals surface area contributed by atoms with E-state index in [-0.39, 0.29) is 23.7 Å². The largest absolute Gasteiger partial charge is 0.346 e. The molecule has 19 heavy (non-hydrogen) atoms. The van der Waals surface area contributed by atoms with Crippen LogP contribution < -0.4 is 5.32 Å². The molecule has 3 unspecified atom stereocenters. The topological polar surface area (TPSA) is 70.7 Å². The zero-order chi connectivity index (χ0) is 14.0. The molecule has 1 fully saturated rings. The van der Waals surface area contributed by atoms with Gasteiger partial charge in [-0.3, -0.25) is 9.89 Å². The lowest BCUT2D eigenvalue weighted by Crippen LogP contribution is -2.44. The second kappa shape index (κ2) is 5.72. The Kier molecular flexibility index (Phi) is 4.22. The van der Waals surface area contributed by atoms with Crippen molar-refractivity contribution in [2.75, 3.05) is 0 Å². The molecule has 1 amide bonds. The lowest BCUT2D eigenvalue weighted by Gasteiger charge is -2.34. The molecular formula is C14H24N4O. The maximum atomic E-state index is 12.1. The molecular weight excluding hydrogens is 240 g/mol. The maximum Gasteiger partial charge on any atom is 0.291 e. The Labute approximate surface area is 114 Å². The number of nitrogens with one attached hydrogen (secondary N) is 2. The van der Waals surface area contributed by atoms with Crippen molar-refractivity contribution in [2.45, 2.75) is 58.9 Å². The van der Waals surface area contributed by atoms with E-state index in [1.165, 1.54) is 12.8 Å². The predicted octanol–water partition coefficient (Wildman–Crippen LogP) is 2.48. The summed E-state index contributed by atoms with van der Waals surface area (Å²) >= 11 is 0. The quantitative estimate of drug-likeness (QED) is 0.881. The van der Waals surface area contributed by atoms with Gasteiger partial charge in [0.05, 0.1) is 0 Å². The second-order valence-corrected chi connectivity index (χ2v) is 6.05. The number of carbonyl (C=O) groups excluding carboxylic acids is 1. The van der Waals surface area contributed by atoms with E-state index >= 15 is 0 Å². The van der Waals surface area contributed by atoms with Crippen LogP contribution in [0.4, 0.5) is 0 Å². The molecule has 2 rings (SSSR count). The van der Waals surface area contributed by atoms with Crippen LogP contribution in [0.25, 0.3) is 0 Å². The van der Waals surface area contributed by atoms with Crippen molar-refractivity contribution in [2.24, 2.45) is 11.8 Å². The first kappa shape index (κ1) is 14.0. The van der Waals surface area contributed by atoms with Gasteiger partial charge in [0.15, 0.2) is 0 Å². The van der Waals surface area contributed by atoms with Gasteiger partial charge in [-0.15, -0.1) is 5.10 Å². The molecule has 1 aromatic rings. The number of hydrogen-bond acceptors (Lipinski definition) is 3. The highest BCUT2D eigenvalue weighted by Gasteiger charge is 2.29. The minimum Gasteiger partial charge on any atom is -0.346 e. The Balaban J connectivity index is 2.00. The summed E-state index contributed by atoms with van der Waals surface area (Å²) in [5.74, 6) is 2.29. The van der Waals surface area contributed by atoms with Gasteiger partial charge in [-0.05, 0) is 18.3 Å². The van der Waals surface area contributed by atoms with Crippen LogP contribution in [0.1, 0.15) is 69.3 Å². The molecule has 1 aromatic heterocycles. The third-order valence-electron chi connectivity index (χ3n) is 4.28. The molecule has 0 saturated heterocycles. The summed E-state index contributed by atoms with van der Waals surface area (Å²) < 4.78 is 0. The Morgan fingerprint density at radius 3 is 2.74 bits per heavy atom. The molecule has 5 nitrogen and oxygen atoms in total. The summed E-state index contributed by atoms with van der Waals surface area (Å²) in [6, 6.07) is 0.247. The highest BCUT2D eigenvalue weighted by atomic mass is 16.2. The van der Waals surface area contributed by atoms with Crippen LogP contribution >= 0.6 is 0 Å². The molecule has 1 heterocycles. The summed E-state index contributed by atoms with van der Waals surface area (Å²) in [7, 11) is 0. The van der Waals surface area contributed by atoms with Crippen molar-refractivity contribution in [3.8, 4) is 0 Å². The summed E-state index contributed by atoms with van der Waals surface area (Å²) in [4.78, 5) is 16.4. The van der Waals surface area contributed by atoms with E-state index in [4.69, 9.17) is 0 Å². The zero-order valence-electron chi connectivity index (χ0n) is 12.2. The second-order valence-electron chi connectivity index (χ2n) is 6.05. The van der Waals surface area contributed by atoms with Gasteiger partial charge in [-0.1, -0.05) is 40.5 Å². The molecule has 106 valence electrons. The van der Waals surface area contributed by atoms with E-state index in [1.807, 2.05) is 13.8 Å². The molecule has 5 heteroatoms. The smallest absolute Gasteiger partial charge is 0.291 e. The fraction of sp³-hybridized carbons (Fsp3) is 0.786. The van der Waals surface area contributed by atoms with E-state index < -0.39 is 0 Å². The third kappa shape index (κ3) is 3.14. The van der Waals surface area contributed by atoms with Crippen LogP contribution in [-0.2, 0) is 0 Å². The van der Waals surface area contributed by atoms with Gasteiger partial charge >= 0.3 is 0 Å². The highest BCUT2D eigenvalue weighted by Crippen LogP contribution is 2.29. The van der Waals surface area contributed by atoms with Crippen LogP contribution in [0.5, 0.6) is 0 Å². The van der Waals surface area contributed by atoms with Gasteiger partial charge in [-0.25, -0.2) is 4.98 Å². The molecule has 0 radical (unpaired) electrons. The van der Waals surface area contributed by atoms with Crippen LogP contribution in [0.3, 0.4) is 0 Å². The van der Waals surface area contributed by atoms with Crippen LogP contribution in [0.2, 0.25) is 0 Å². The minimum atomic E-state index is -0.158. The fourth-order valence-electron chi connectivity index (χ4n) is 2.65. The van der Waals surface area contributed by atoms with Gasteiger partial charge in [0, 0.05) is 12.0 Å². The van der Waals surface area contributed by atoms with Gasteiger partial charge < -0.3 is 5.32 Å². The summed E-state index contributed by atoms with van der Waals surface area (Å²) in [5.41, 5.74) is 0. The average Bonchev–Trinajstić information content (AvgIpc) is 2.84. The van der Waals surface area contributed by atoms with E-state index in [2.05, 4.69) is 34.3 Å². The van der Waals surface area contributed by atoms with E-state index in [0.29, 0.717) is 11.8 Å². The maximum absolute atomic E-state index is 12.1. The summed E-state index contributed by atoms with van der Waals surface area (Å²) in [6.45, 7) is 8.51. The van der Waals surface area contributed by atoms with E-state index in [0.717, 1.165) is 12.2 Å². The lowest BCUT2D eigenvalue weighted by atomic mass is 9.78. The Morgan fingerprint density at radius 1 is 1.37 bits per heavy atom. The molecule has 0 bridgehead atoms.